The van der Waals surface area contributed by atoms with Gasteiger partial charge in [-0.05, 0) is 59.8 Å². The zero-order chi connectivity index (χ0) is 25.3. The monoisotopic (exact) mass is 540 g/mol. The zero-order valence-electron chi connectivity index (χ0n) is 23.0. The van der Waals surface area contributed by atoms with Crippen LogP contribution in [0.3, 0.4) is 0 Å². The SMILES string of the molecule is CC(=Nc1c(C(C)C)cccc1C(C)C)C(C)=Nc1c(C(C)C)cccc1C(C)C.[CH3][Pd][CH3]. The van der Waals surface area contributed by atoms with E-state index in [9.17, 15) is 0 Å². The van der Waals surface area contributed by atoms with Crippen LogP contribution in [0.25, 0.3) is 0 Å². The summed E-state index contributed by atoms with van der Waals surface area (Å²) in [7, 11) is 0. The van der Waals surface area contributed by atoms with Crippen molar-refractivity contribution in [3.8, 4) is 0 Å². The molecule has 3 heteroatoms. The second kappa shape index (κ2) is 14.0. The second-order valence-electron chi connectivity index (χ2n) is 9.90. The summed E-state index contributed by atoms with van der Waals surface area (Å²) in [5, 5.41) is 4.35. The molecule has 0 amide bonds. The number of hydrogen-bond acceptors (Lipinski definition) is 2. The van der Waals surface area contributed by atoms with Gasteiger partial charge >= 0.3 is 28.8 Å². The number of nitrogens with zero attached hydrogens (tertiary/aromatic N) is 2. The molecule has 0 atom stereocenters. The van der Waals surface area contributed by atoms with Gasteiger partial charge in [-0.1, -0.05) is 91.8 Å². The van der Waals surface area contributed by atoms with E-state index < -0.39 is 0 Å². The normalized spacial score (nSPS) is 12.7. The van der Waals surface area contributed by atoms with Gasteiger partial charge < -0.3 is 0 Å². The van der Waals surface area contributed by atoms with Crippen molar-refractivity contribution >= 4 is 22.8 Å². The predicted octanol–water partition coefficient (Wildman–Crippen LogP) is 10.2. The van der Waals surface area contributed by atoms with Crippen LogP contribution in [-0.4, -0.2) is 11.4 Å². The van der Waals surface area contributed by atoms with Crippen molar-refractivity contribution in [2.24, 2.45) is 9.98 Å². The fourth-order valence-electron chi connectivity index (χ4n) is 3.78. The summed E-state index contributed by atoms with van der Waals surface area (Å²) in [5.41, 5.74) is 9.43. The van der Waals surface area contributed by atoms with Crippen molar-refractivity contribution in [3.63, 3.8) is 0 Å². The Morgan fingerprint density at radius 1 is 0.545 bits per heavy atom. The third kappa shape index (κ3) is 8.31. The Labute approximate surface area is 212 Å². The van der Waals surface area contributed by atoms with Crippen LogP contribution in [0, 0.1) is 0 Å². The average Bonchev–Trinajstić information content (AvgIpc) is 2.73. The van der Waals surface area contributed by atoms with Gasteiger partial charge in [0, 0.05) is 0 Å². The summed E-state index contributed by atoms with van der Waals surface area (Å²) >= 11 is 0.950. The molecular weight excluding hydrogens is 495 g/mol. The summed E-state index contributed by atoms with van der Waals surface area (Å²) in [4.78, 5) is 10.3. The molecule has 0 heterocycles. The first-order valence-electron chi connectivity index (χ1n) is 12.0. The first-order chi connectivity index (χ1) is 15.5. The topological polar surface area (TPSA) is 24.7 Å². The van der Waals surface area contributed by atoms with E-state index in [1.54, 1.807) is 0 Å². The van der Waals surface area contributed by atoms with Gasteiger partial charge in [0.05, 0.1) is 22.8 Å². The Hall–Kier alpha value is -1.56. The van der Waals surface area contributed by atoms with Crippen LogP contribution in [0.1, 0.15) is 115 Å². The van der Waals surface area contributed by atoms with Crippen LogP contribution >= 0.6 is 0 Å². The molecule has 0 aliphatic rings. The fraction of sp³-hybridized carbons (Fsp3) is 0.533. The van der Waals surface area contributed by atoms with Crippen LogP contribution in [-0.2, 0) is 18.0 Å². The summed E-state index contributed by atoms with van der Waals surface area (Å²) in [6.45, 7) is 22.1. The molecule has 0 aliphatic carbocycles. The van der Waals surface area contributed by atoms with Gasteiger partial charge in [-0.3, -0.25) is 9.98 Å². The minimum absolute atomic E-state index is 0.432. The van der Waals surface area contributed by atoms with E-state index in [0.717, 1.165) is 40.8 Å². The number of rotatable bonds is 7. The zero-order valence-corrected chi connectivity index (χ0v) is 24.5. The van der Waals surface area contributed by atoms with Gasteiger partial charge in [-0.15, -0.1) is 0 Å². The molecule has 186 valence electrons. The van der Waals surface area contributed by atoms with E-state index >= 15 is 0 Å². The molecule has 0 saturated carbocycles. The summed E-state index contributed by atoms with van der Waals surface area (Å²) < 4.78 is 0. The molecule has 2 aromatic carbocycles. The van der Waals surface area contributed by atoms with Crippen LogP contribution in [0.15, 0.2) is 46.4 Å². The van der Waals surface area contributed by atoms with Crippen molar-refractivity contribution in [3.05, 3.63) is 58.7 Å². The second-order valence-corrected chi connectivity index (χ2v) is 11.5. The van der Waals surface area contributed by atoms with Crippen LogP contribution in [0.4, 0.5) is 11.4 Å². The molecule has 0 spiro atoms. The van der Waals surface area contributed by atoms with E-state index in [2.05, 4.69) is 116 Å². The summed E-state index contributed by atoms with van der Waals surface area (Å²) in [6.07, 6.45) is 0. The molecule has 0 N–H and O–H groups in total. The molecular formula is C30H46N2Pd. The molecule has 0 aromatic heterocycles. The van der Waals surface area contributed by atoms with Crippen molar-refractivity contribution < 1.29 is 18.0 Å². The molecule has 2 nitrogen and oxygen atoms in total. The Bertz CT molecular complexity index is 820. The maximum absolute atomic E-state index is 5.13. The Morgan fingerprint density at radius 3 is 0.939 bits per heavy atom. The fourth-order valence-corrected chi connectivity index (χ4v) is 3.78. The van der Waals surface area contributed by atoms with Gasteiger partial charge in [0.25, 0.3) is 0 Å². The van der Waals surface area contributed by atoms with E-state index in [0.29, 0.717) is 23.7 Å². The number of benzene rings is 2. The van der Waals surface area contributed by atoms with E-state index in [-0.39, 0.29) is 0 Å². The van der Waals surface area contributed by atoms with Crippen LogP contribution in [0.5, 0.6) is 0 Å². The van der Waals surface area contributed by atoms with Crippen LogP contribution in [0.2, 0.25) is 10.8 Å². The molecule has 2 aromatic rings. The molecule has 0 aliphatic heterocycles. The average molecular weight is 541 g/mol. The van der Waals surface area contributed by atoms with Gasteiger partial charge in [-0.25, -0.2) is 0 Å². The van der Waals surface area contributed by atoms with Gasteiger partial charge in [0.2, 0.25) is 0 Å². The molecule has 0 fully saturated rings. The Balaban J connectivity index is 0.00000172. The van der Waals surface area contributed by atoms with Gasteiger partial charge in [0.15, 0.2) is 0 Å². The van der Waals surface area contributed by atoms with Crippen molar-refractivity contribution in [2.45, 2.75) is 104 Å². The number of aliphatic imine (C=N–C) groups is 2. The molecule has 0 bridgehead atoms. The molecule has 0 radical (unpaired) electrons. The standard InChI is InChI=1S/C28H40N2.2CH3.Pd/c1-17(2)23-13-11-14-24(18(3)4)27(23)29-21(9)22(10)30-28-25(19(5)6)15-12-16-26(28)20(7)8;;;/h11-20H,1-10H3;2*1H3;. The summed E-state index contributed by atoms with van der Waals surface area (Å²) in [5.74, 6) is 1.73. The quantitative estimate of drug-likeness (QED) is 0.246. The summed E-state index contributed by atoms with van der Waals surface area (Å²) in [6, 6.07) is 13.2. The first-order valence-corrected chi connectivity index (χ1v) is 15.1. The first kappa shape index (κ1) is 29.5. The molecule has 0 unspecified atom stereocenters. The maximum atomic E-state index is 5.13. The number of hydrogen-bond donors (Lipinski definition) is 0. The molecule has 0 saturated heterocycles. The van der Waals surface area contributed by atoms with Crippen molar-refractivity contribution in [2.75, 3.05) is 0 Å². The molecule has 33 heavy (non-hydrogen) atoms. The van der Waals surface area contributed by atoms with Crippen LogP contribution < -0.4 is 0 Å². The van der Waals surface area contributed by atoms with Gasteiger partial charge in [0.1, 0.15) is 0 Å². The molecule has 2 rings (SSSR count). The third-order valence-electron chi connectivity index (χ3n) is 5.77. The predicted molar refractivity (Wildman–Crippen MR) is 147 cm³/mol. The number of para-hydroxylation sites is 2. The Morgan fingerprint density at radius 2 is 0.758 bits per heavy atom. The van der Waals surface area contributed by atoms with Crippen molar-refractivity contribution in [1.82, 2.24) is 0 Å². The van der Waals surface area contributed by atoms with E-state index in [4.69, 9.17) is 9.98 Å². The van der Waals surface area contributed by atoms with E-state index in [1.807, 2.05) is 0 Å². The minimum atomic E-state index is 0.432. The van der Waals surface area contributed by atoms with Crippen molar-refractivity contribution in [1.29, 1.82) is 0 Å². The van der Waals surface area contributed by atoms with Gasteiger partial charge in [-0.2, -0.15) is 0 Å². The van der Waals surface area contributed by atoms with E-state index in [1.165, 1.54) is 22.3 Å². The third-order valence-corrected chi connectivity index (χ3v) is 5.77. The Kier molecular flexibility index (Phi) is 12.5.